The van der Waals surface area contributed by atoms with Crippen LogP contribution in [0.15, 0.2) is 24.3 Å². The number of carbonyl (C=O) groups is 1. The molecule has 0 saturated heterocycles. The van der Waals surface area contributed by atoms with Gasteiger partial charge in [0.1, 0.15) is 0 Å². The Bertz CT molecular complexity index is 784. The Hall–Kier alpha value is -2.41. The standard InChI is InChI=1S/C16H18N4O2S/c1-10-5-3-4-6-12(10)17-16(23)20-8-7-13-11(9-20)14(15(21)22)18-19(13)2/h3-6H,7-9H2,1-2H3,(H,17,23)(H,21,22). The molecule has 0 amide bonds. The quantitative estimate of drug-likeness (QED) is 0.823. The minimum Gasteiger partial charge on any atom is -0.476 e. The highest BCUT2D eigenvalue weighted by Crippen LogP contribution is 2.23. The van der Waals surface area contributed by atoms with Crippen molar-refractivity contribution in [2.75, 3.05) is 11.9 Å². The van der Waals surface area contributed by atoms with Crippen molar-refractivity contribution in [2.24, 2.45) is 7.05 Å². The first-order valence-corrected chi connectivity index (χ1v) is 7.78. The summed E-state index contributed by atoms with van der Waals surface area (Å²) in [4.78, 5) is 13.3. The van der Waals surface area contributed by atoms with Gasteiger partial charge in [-0.1, -0.05) is 18.2 Å². The molecule has 0 aliphatic carbocycles. The van der Waals surface area contributed by atoms with Crippen molar-refractivity contribution in [3.8, 4) is 0 Å². The Morgan fingerprint density at radius 3 is 2.83 bits per heavy atom. The summed E-state index contributed by atoms with van der Waals surface area (Å²) in [5.41, 5.74) is 3.91. The Morgan fingerprint density at radius 2 is 2.13 bits per heavy atom. The molecule has 0 radical (unpaired) electrons. The fourth-order valence-electron chi connectivity index (χ4n) is 2.84. The summed E-state index contributed by atoms with van der Waals surface area (Å²) in [5.74, 6) is -0.999. The lowest BCUT2D eigenvalue weighted by Crippen LogP contribution is -2.39. The summed E-state index contributed by atoms with van der Waals surface area (Å²) in [6.07, 6.45) is 0.724. The highest BCUT2D eigenvalue weighted by atomic mass is 32.1. The van der Waals surface area contributed by atoms with Gasteiger partial charge in [-0.05, 0) is 30.8 Å². The first-order valence-electron chi connectivity index (χ1n) is 7.37. The Morgan fingerprint density at radius 1 is 1.39 bits per heavy atom. The number of nitrogens with one attached hydrogen (secondary N) is 1. The van der Waals surface area contributed by atoms with E-state index >= 15 is 0 Å². The molecular formula is C16H18N4O2S. The second-order valence-corrected chi connectivity index (χ2v) is 6.01. The maximum atomic E-state index is 11.4. The van der Waals surface area contributed by atoms with Crippen LogP contribution in [0.25, 0.3) is 0 Å². The van der Waals surface area contributed by atoms with E-state index in [4.69, 9.17) is 12.2 Å². The minimum absolute atomic E-state index is 0.117. The summed E-state index contributed by atoms with van der Waals surface area (Å²) in [5, 5.41) is 17.3. The molecule has 23 heavy (non-hydrogen) atoms. The van der Waals surface area contributed by atoms with Gasteiger partial charge in [0.15, 0.2) is 10.8 Å². The van der Waals surface area contributed by atoms with Gasteiger partial charge in [0.05, 0.1) is 0 Å². The SMILES string of the molecule is Cc1ccccc1NC(=S)N1CCc2c(c(C(=O)O)nn2C)C1. The van der Waals surface area contributed by atoms with Crippen LogP contribution < -0.4 is 5.32 Å². The summed E-state index contributed by atoms with van der Waals surface area (Å²) in [7, 11) is 1.78. The fourth-order valence-corrected chi connectivity index (χ4v) is 3.11. The predicted octanol–water partition coefficient (Wildman–Crippen LogP) is 2.18. The highest BCUT2D eigenvalue weighted by Gasteiger charge is 2.28. The van der Waals surface area contributed by atoms with Crippen molar-refractivity contribution in [2.45, 2.75) is 19.9 Å². The fraction of sp³-hybridized carbons (Fsp3) is 0.312. The van der Waals surface area contributed by atoms with Crippen LogP contribution in [0.1, 0.15) is 27.3 Å². The zero-order valence-electron chi connectivity index (χ0n) is 13.0. The molecule has 6 nitrogen and oxygen atoms in total. The van der Waals surface area contributed by atoms with Crippen molar-refractivity contribution in [1.29, 1.82) is 0 Å². The number of hydrogen-bond donors (Lipinski definition) is 2. The van der Waals surface area contributed by atoms with Crippen molar-refractivity contribution in [3.05, 3.63) is 46.8 Å². The summed E-state index contributed by atoms with van der Waals surface area (Å²) in [6.45, 7) is 3.22. The van der Waals surface area contributed by atoms with E-state index < -0.39 is 5.97 Å². The van der Waals surface area contributed by atoms with Crippen molar-refractivity contribution in [1.82, 2.24) is 14.7 Å². The number of fused-ring (bicyclic) bond motifs is 1. The van der Waals surface area contributed by atoms with Gasteiger partial charge in [0.25, 0.3) is 0 Å². The van der Waals surface area contributed by atoms with E-state index in [0.29, 0.717) is 11.7 Å². The predicted molar refractivity (Wildman–Crippen MR) is 91.7 cm³/mol. The van der Waals surface area contributed by atoms with Crippen molar-refractivity contribution in [3.63, 3.8) is 0 Å². The smallest absolute Gasteiger partial charge is 0.356 e. The van der Waals surface area contributed by atoms with Crippen LogP contribution in [0.4, 0.5) is 5.69 Å². The minimum atomic E-state index is -0.999. The summed E-state index contributed by atoms with van der Waals surface area (Å²) < 4.78 is 1.66. The Balaban J connectivity index is 1.80. The molecule has 7 heteroatoms. The van der Waals surface area contributed by atoms with Crippen LogP contribution in [0, 0.1) is 6.92 Å². The lowest BCUT2D eigenvalue weighted by molar-refractivity contribution is 0.0687. The van der Waals surface area contributed by atoms with Gasteiger partial charge in [0, 0.05) is 43.5 Å². The monoisotopic (exact) mass is 330 g/mol. The van der Waals surface area contributed by atoms with Gasteiger partial charge >= 0.3 is 5.97 Å². The van der Waals surface area contributed by atoms with E-state index in [0.717, 1.165) is 35.5 Å². The second-order valence-electron chi connectivity index (χ2n) is 5.62. The largest absolute Gasteiger partial charge is 0.476 e. The molecule has 0 unspecified atom stereocenters. The molecule has 0 fully saturated rings. The molecule has 2 heterocycles. The van der Waals surface area contributed by atoms with Gasteiger partial charge in [-0.25, -0.2) is 4.79 Å². The third-order valence-corrected chi connectivity index (χ3v) is 4.48. The van der Waals surface area contributed by atoms with Gasteiger partial charge in [0.2, 0.25) is 0 Å². The molecule has 120 valence electrons. The first-order chi connectivity index (χ1) is 11.0. The lowest BCUT2D eigenvalue weighted by Gasteiger charge is -2.30. The van der Waals surface area contributed by atoms with Crippen molar-refractivity contribution < 1.29 is 9.90 Å². The average molecular weight is 330 g/mol. The lowest BCUT2D eigenvalue weighted by atomic mass is 10.1. The average Bonchev–Trinajstić information content (AvgIpc) is 2.86. The molecule has 0 bridgehead atoms. The number of para-hydroxylation sites is 1. The Kier molecular flexibility index (Phi) is 4.04. The topological polar surface area (TPSA) is 70.4 Å². The number of carboxylic acids is 1. The number of rotatable bonds is 2. The number of hydrogen-bond acceptors (Lipinski definition) is 3. The Labute approximate surface area is 139 Å². The number of anilines is 1. The normalized spacial score (nSPS) is 13.6. The number of aromatic nitrogens is 2. The third kappa shape index (κ3) is 2.92. The zero-order valence-corrected chi connectivity index (χ0v) is 13.9. The van der Waals surface area contributed by atoms with E-state index in [-0.39, 0.29) is 5.69 Å². The van der Waals surface area contributed by atoms with Crippen LogP contribution in [-0.4, -0.2) is 37.4 Å². The van der Waals surface area contributed by atoms with Crippen LogP contribution in [0.3, 0.4) is 0 Å². The second kappa shape index (κ2) is 6.00. The van der Waals surface area contributed by atoms with E-state index in [1.165, 1.54) is 0 Å². The number of carboxylic acid groups (broad SMARTS) is 1. The van der Waals surface area contributed by atoms with Gasteiger partial charge in [-0.2, -0.15) is 5.10 Å². The van der Waals surface area contributed by atoms with E-state index in [2.05, 4.69) is 10.4 Å². The summed E-state index contributed by atoms with van der Waals surface area (Å²) >= 11 is 5.50. The number of thiocarbonyl (C=S) groups is 1. The molecule has 1 aliphatic heterocycles. The van der Waals surface area contributed by atoms with Crippen LogP contribution in [0.5, 0.6) is 0 Å². The molecule has 1 aliphatic rings. The van der Waals surface area contributed by atoms with E-state index in [1.54, 1.807) is 11.7 Å². The van der Waals surface area contributed by atoms with Crippen LogP contribution in [-0.2, 0) is 20.0 Å². The van der Waals surface area contributed by atoms with E-state index in [9.17, 15) is 9.90 Å². The third-order valence-electron chi connectivity index (χ3n) is 4.12. The molecule has 1 aromatic heterocycles. The molecule has 1 aromatic carbocycles. The number of aryl methyl sites for hydroxylation is 2. The van der Waals surface area contributed by atoms with Gasteiger partial charge in [-0.3, -0.25) is 4.68 Å². The maximum Gasteiger partial charge on any atom is 0.356 e. The maximum absolute atomic E-state index is 11.4. The molecule has 0 spiro atoms. The number of nitrogens with zero attached hydrogens (tertiary/aromatic N) is 3. The molecular weight excluding hydrogens is 312 g/mol. The molecule has 0 atom stereocenters. The molecule has 0 saturated carbocycles. The number of benzene rings is 1. The molecule has 3 rings (SSSR count). The van der Waals surface area contributed by atoms with Crippen LogP contribution >= 0.6 is 12.2 Å². The first kappa shape index (κ1) is 15.5. The van der Waals surface area contributed by atoms with E-state index in [1.807, 2.05) is 36.1 Å². The van der Waals surface area contributed by atoms with Crippen LogP contribution in [0.2, 0.25) is 0 Å². The van der Waals surface area contributed by atoms with Gasteiger partial charge in [-0.15, -0.1) is 0 Å². The molecule has 2 aromatic rings. The van der Waals surface area contributed by atoms with Crippen molar-refractivity contribution >= 4 is 29.0 Å². The van der Waals surface area contributed by atoms with Gasteiger partial charge < -0.3 is 15.3 Å². The zero-order chi connectivity index (χ0) is 16.6. The highest BCUT2D eigenvalue weighted by molar-refractivity contribution is 7.80. The summed E-state index contributed by atoms with van der Waals surface area (Å²) in [6, 6.07) is 7.92. The molecule has 2 N–H and O–H groups in total. The number of aromatic carboxylic acids is 1.